The van der Waals surface area contributed by atoms with Gasteiger partial charge in [0.25, 0.3) is 0 Å². The lowest BCUT2D eigenvalue weighted by molar-refractivity contribution is 0.547. The molecule has 0 fully saturated rings. The van der Waals surface area contributed by atoms with Crippen LogP contribution in [0.2, 0.25) is 0 Å². The minimum absolute atomic E-state index is 0.269. The van der Waals surface area contributed by atoms with Crippen LogP contribution in [0.15, 0.2) is 107 Å². The van der Waals surface area contributed by atoms with Crippen LogP contribution in [0, 0.1) is 20.8 Å². The Kier molecular flexibility index (Phi) is 11.9. The third kappa shape index (κ3) is 6.98. The molecule has 0 aliphatic heterocycles. The van der Waals surface area contributed by atoms with Gasteiger partial charge in [0.15, 0.2) is 0 Å². The summed E-state index contributed by atoms with van der Waals surface area (Å²) >= 11 is 0. The summed E-state index contributed by atoms with van der Waals surface area (Å²) < 4.78 is 6.60. The van der Waals surface area contributed by atoms with Crippen LogP contribution in [0.4, 0.5) is 0 Å². The average Bonchev–Trinajstić information content (AvgIpc) is 3.85. The van der Waals surface area contributed by atoms with E-state index in [1.165, 1.54) is 101 Å². The SMILES string of the molecule is CCCCCc1ccccc1-p1c2c(-c3c(C)cc(C)cc3C)cp(C3C(c4occc4CCC)=C(C)c4ccccc43)c2p1-c1ccccc1CCCCC. The molecule has 0 spiro atoms. The van der Waals surface area contributed by atoms with E-state index in [4.69, 9.17) is 4.42 Å². The number of furan rings is 1. The van der Waals surface area contributed by atoms with E-state index >= 15 is 0 Å². The van der Waals surface area contributed by atoms with E-state index in [2.05, 4.69) is 145 Å². The Labute approximate surface area is 339 Å². The van der Waals surface area contributed by atoms with Gasteiger partial charge in [-0.25, -0.2) is 0 Å². The molecule has 56 heavy (non-hydrogen) atoms. The van der Waals surface area contributed by atoms with Crippen molar-refractivity contribution in [1.82, 2.24) is 0 Å². The molecule has 0 radical (unpaired) electrons. The van der Waals surface area contributed by atoms with E-state index in [9.17, 15) is 0 Å². The van der Waals surface area contributed by atoms with Gasteiger partial charge in [0.1, 0.15) is 5.76 Å². The number of aryl methyl sites for hydroxylation is 6. The van der Waals surface area contributed by atoms with Crippen molar-refractivity contribution < 1.29 is 4.42 Å². The summed E-state index contributed by atoms with van der Waals surface area (Å²) in [6.07, 6.45) is 14.0. The van der Waals surface area contributed by atoms with Crippen molar-refractivity contribution in [2.24, 2.45) is 0 Å². The predicted molar refractivity (Wildman–Crippen MR) is 251 cm³/mol. The molecule has 0 saturated carbocycles. The predicted octanol–water partition coefficient (Wildman–Crippen LogP) is 17.9. The fourth-order valence-electron chi connectivity index (χ4n) is 9.70. The van der Waals surface area contributed by atoms with Crippen LogP contribution in [0.25, 0.3) is 42.9 Å². The molecule has 1 nitrogen and oxygen atoms in total. The van der Waals surface area contributed by atoms with Crippen LogP contribution in [0.3, 0.4) is 0 Å². The number of benzene rings is 4. The second kappa shape index (κ2) is 17.0. The highest BCUT2D eigenvalue weighted by molar-refractivity contribution is 8.24. The van der Waals surface area contributed by atoms with Gasteiger partial charge in [-0.05, 0) is 127 Å². The molecule has 0 saturated heterocycles. The zero-order valence-corrected chi connectivity index (χ0v) is 37.4. The summed E-state index contributed by atoms with van der Waals surface area (Å²) in [6, 6.07) is 35.8. The summed E-state index contributed by atoms with van der Waals surface area (Å²) in [7, 11) is -1.88. The van der Waals surface area contributed by atoms with E-state index in [1.54, 1.807) is 37.3 Å². The van der Waals surface area contributed by atoms with Crippen molar-refractivity contribution in [3.8, 4) is 21.7 Å². The average molecular weight is 793 g/mol. The Balaban J connectivity index is 1.49. The maximum Gasteiger partial charge on any atom is 0.134 e. The van der Waals surface area contributed by atoms with Crippen molar-refractivity contribution in [3.05, 3.63) is 153 Å². The van der Waals surface area contributed by atoms with Gasteiger partial charge < -0.3 is 4.42 Å². The van der Waals surface area contributed by atoms with Crippen LogP contribution in [-0.2, 0) is 19.3 Å². The first kappa shape index (κ1) is 39.1. The van der Waals surface area contributed by atoms with E-state index in [1.807, 2.05) is 6.26 Å². The molecule has 1 aliphatic carbocycles. The molecule has 3 heterocycles. The molecule has 4 heteroatoms. The fourth-order valence-corrected chi connectivity index (χ4v) is 24.7. The number of allylic oxidation sites excluding steroid dienone is 2. The monoisotopic (exact) mass is 792 g/mol. The normalized spacial score (nSPS) is 15.1. The van der Waals surface area contributed by atoms with Gasteiger partial charge in [0, 0.05) is 26.2 Å². The third-order valence-electron chi connectivity index (χ3n) is 12.2. The number of fused-ring (bicyclic) bond motifs is 2. The molecule has 288 valence electrons. The highest BCUT2D eigenvalue weighted by Gasteiger charge is 2.39. The summed E-state index contributed by atoms with van der Waals surface area (Å²) in [5.74, 6) is 3.97. The third-order valence-corrected chi connectivity index (χ3v) is 24.1. The summed E-state index contributed by atoms with van der Waals surface area (Å²) in [5.41, 5.74) is 17.8. The van der Waals surface area contributed by atoms with E-state index in [0.29, 0.717) is 0 Å². The van der Waals surface area contributed by atoms with Gasteiger partial charge in [0.2, 0.25) is 0 Å². The molecule has 4 atom stereocenters. The Bertz CT molecular complexity index is 2500. The van der Waals surface area contributed by atoms with Crippen LogP contribution < -0.4 is 0 Å². The van der Waals surface area contributed by atoms with Crippen molar-refractivity contribution >= 4 is 43.1 Å². The zero-order chi connectivity index (χ0) is 38.9. The van der Waals surface area contributed by atoms with Crippen molar-refractivity contribution in [2.45, 2.75) is 118 Å². The first-order valence-electron chi connectivity index (χ1n) is 21.3. The van der Waals surface area contributed by atoms with Gasteiger partial charge in [-0.1, -0.05) is 165 Å². The lowest BCUT2D eigenvalue weighted by atomic mass is 9.96. The van der Waals surface area contributed by atoms with Crippen LogP contribution in [-0.4, -0.2) is 0 Å². The van der Waals surface area contributed by atoms with Crippen molar-refractivity contribution in [2.75, 3.05) is 0 Å². The maximum atomic E-state index is 6.60. The molecular formula is C52H59OP3. The molecule has 8 rings (SSSR count). The van der Waals surface area contributed by atoms with Crippen molar-refractivity contribution in [3.63, 3.8) is 0 Å². The highest BCUT2D eigenvalue weighted by Crippen LogP contribution is 2.83. The molecule has 0 N–H and O–H groups in total. The molecule has 0 bridgehead atoms. The van der Waals surface area contributed by atoms with Crippen LogP contribution >= 0.6 is 22.0 Å². The molecule has 1 aliphatic rings. The second-order valence-electron chi connectivity index (χ2n) is 16.2. The number of hydrogen-bond donors (Lipinski definition) is 0. The lowest BCUT2D eigenvalue weighted by Crippen LogP contribution is -1.96. The largest absolute Gasteiger partial charge is 0.464 e. The Morgan fingerprint density at radius 2 is 1.20 bits per heavy atom. The van der Waals surface area contributed by atoms with Gasteiger partial charge in [-0.3, -0.25) is 0 Å². The number of unbranched alkanes of at least 4 members (excludes halogenated alkanes) is 4. The van der Waals surface area contributed by atoms with Gasteiger partial charge in [-0.2, -0.15) is 0 Å². The van der Waals surface area contributed by atoms with Crippen LogP contribution in [0.5, 0.6) is 0 Å². The zero-order valence-electron chi connectivity index (χ0n) is 34.7. The summed E-state index contributed by atoms with van der Waals surface area (Å²) in [4.78, 5) is 1.80. The van der Waals surface area contributed by atoms with Gasteiger partial charge >= 0.3 is 0 Å². The summed E-state index contributed by atoms with van der Waals surface area (Å²) in [5, 5.41) is 5.02. The topological polar surface area (TPSA) is 13.1 Å². The Morgan fingerprint density at radius 3 is 1.84 bits per heavy atom. The summed E-state index contributed by atoms with van der Waals surface area (Å²) in [6.45, 7) is 16.3. The maximum absolute atomic E-state index is 6.60. The first-order chi connectivity index (χ1) is 27.4. The van der Waals surface area contributed by atoms with Crippen LogP contribution in [0.1, 0.15) is 129 Å². The standard InChI is InChI=1S/C52H59OP3/c1-8-11-13-22-39-24-15-19-28-45(39)55-51-44(47-36(5)32-35(4)33-37(47)6)34-54(52(51)56(55)46-29-20-16-25-40(46)23-14-12-9-2)50-43-27-18-17-26-42(43)38(7)48(50)49-41(21-10-3)30-31-53-49/h15-20,24-34,50H,8-14,21-23H2,1-7H3. The van der Waals surface area contributed by atoms with Crippen molar-refractivity contribution in [1.29, 1.82) is 0 Å². The second-order valence-corrected chi connectivity index (χ2v) is 24.1. The lowest BCUT2D eigenvalue weighted by Gasteiger charge is -2.28. The van der Waals surface area contributed by atoms with Gasteiger partial charge in [0.05, 0.1) is 11.9 Å². The molecule has 7 aromatic rings. The van der Waals surface area contributed by atoms with E-state index < -0.39 is 22.0 Å². The molecule has 3 aromatic heterocycles. The molecule has 4 aromatic carbocycles. The van der Waals surface area contributed by atoms with E-state index in [-0.39, 0.29) is 5.66 Å². The number of rotatable bonds is 15. The fraction of sp³-hybridized carbons (Fsp3) is 0.346. The van der Waals surface area contributed by atoms with Gasteiger partial charge in [-0.15, -0.1) is 0 Å². The Morgan fingerprint density at radius 1 is 0.589 bits per heavy atom. The Hall–Kier alpha value is -3.72. The molecule has 4 unspecified atom stereocenters. The molecule has 0 amide bonds. The minimum atomic E-state index is -0.721. The quantitative estimate of drug-likeness (QED) is 0.0943. The number of hydrogen-bond acceptors (Lipinski definition) is 1. The smallest absolute Gasteiger partial charge is 0.134 e. The minimum Gasteiger partial charge on any atom is -0.464 e. The first-order valence-corrected chi connectivity index (χ1v) is 26.2. The molecular weight excluding hydrogens is 733 g/mol. The highest BCUT2D eigenvalue weighted by atomic mass is 31.9. The van der Waals surface area contributed by atoms with E-state index in [0.717, 1.165) is 18.6 Å².